The Morgan fingerprint density at radius 2 is 2.19 bits per heavy atom. The van der Waals surface area contributed by atoms with E-state index >= 15 is 0 Å². The fourth-order valence-electron chi connectivity index (χ4n) is 1.19. The highest BCUT2D eigenvalue weighted by Gasteiger charge is 2.20. The van der Waals surface area contributed by atoms with Gasteiger partial charge in [-0.1, -0.05) is 0 Å². The number of aromatic nitrogens is 1. The third-order valence-electron chi connectivity index (χ3n) is 2.11. The molecule has 3 N–H and O–H groups in total. The van der Waals surface area contributed by atoms with Gasteiger partial charge in [-0.05, 0) is 32.4 Å². The Morgan fingerprint density at radius 3 is 2.69 bits per heavy atom. The number of pyridine rings is 1. The first-order valence-electron chi connectivity index (χ1n) is 4.95. The molecule has 1 aromatic heterocycles. The third-order valence-corrected chi connectivity index (χ3v) is 2.11. The minimum atomic E-state index is -1.03. The molecule has 5 nitrogen and oxygen atoms in total. The number of carbonyl (C=O) groups is 1. The van der Waals surface area contributed by atoms with Crippen LogP contribution >= 0.6 is 0 Å². The van der Waals surface area contributed by atoms with Gasteiger partial charge in [0.25, 0.3) is 0 Å². The summed E-state index contributed by atoms with van der Waals surface area (Å²) in [6, 6.07) is 1.55. The molecular weight excluding hydrogens is 208 g/mol. The average molecular weight is 224 g/mol. The molecule has 0 spiro atoms. The number of aliphatic hydroxyl groups is 1. The Balaban J connectivity index is 3.09. The number of aryl methyl sites for hydroxylation is 1. The van der Waals surface area contributed by atoms with Crippen LogP contribution in [0.15, 0.2) is 12.3 Å². The SMILES string of the molecule is Cc1cnc(NC(C)(C)CO)c(C(=O)O)c1. The number of hydrogen-bond donors (Lipinski definition) is 3. The molecule has 16 heavy (non-hydrogen) atoms. The van der Waals surface area contributed by atoms with Crippen molar-refractivity contribution in [1.82, 2.24) is 4.98 Å². The van der Waals surface area contributed by atoms with Crippen LogP contribution in [0.5, 0.6) is 0 Å². The highest BCUT2D eigenvalue weighted by molar-refractivity contribution is 5.93. The van der Waals surface area contributed by atoms with Crippen LogP contribution in [-0.2, 0) is 0 Å². The molecule has 1 aromatic rings. The van der Waals surface area contributed by atoms with E-state index in [9.17, 15) is 4.79 Å². The van der Waals surface area contributed by atoms with E-state index in [2.05, 4.69) is 10.3 Å². The van der Waals surface area contributed by atoms with Crippen molar-refractivity contribution in [3.8, 4) is 0 Å². The van der Waals surface area contributed by atoms with Crippen LogP contribution < -0.4 is 5.32 Å². The molecule has 1 rings (SSSR count). The van der Waals surface area contributed by atoms with Gasteiger partial charge in [-0.3, -0.25) is 0 Å². The van der Waals surface area contributed by atoms with Gasteiger partial charge in [0.15, 0.2) is 0 Å². The van der Waals surface area contributed by atoms with Gasteiger partial charge in [0.2, 0.25) is 0 Å². The van der Waals surface area contributed by atoms with Gasteiger partial charge in [0.1, 0.15) is 11.4 Å². The first-order valence-corrected chi connectivity index (χ1v) is 4.95. The van der Waals surface area contributed by atoms with Gasteiger partial charge in [-0.25, -0.2) is 9.78 Å². The minimum absolute atomic E-state index is 0.110. The van der Waals surface area contributed by atoms with E-state index in [4.69, 9.17) is 10.2 Å². The molecule has 0 atom stereocenters. The Labute approximate surface area is 94.1 Å². The zero-order valence-corrected chi connectivity index (χ0v) is 9.61. The number of carboxylic acids is 1. The molecule has 0 aliphatic carbocycles. The van der Waals surface area contributed by atoms with Crippen molar-refractivity contribution in [2.45, 2.75) is 26.3 Å². The van der Waals surface area contributed by atoms with Crippen LogP contribution in [0.25, 0.3) is 0 Å². The highest BCUT2D eigenvalue weighted by atomic mass is 16.4. The highest BCUT2D eigenvalue weighted by Crippen LogP contribution is 2.18. The van der Waals surface area contributed by atoms with Crippen LogP contribution in [0.2, 0.25) is 0 Å². The average Bonchev–Trinajstić information content (AvgIpc) is 2.20. The van der Waals surface area contributed by atoms with Gasteiger partial charge in [-0.2, -0.15) is 0 Å². The van der Waals surface area contributed by atoms with Gasteiger partial charge in [-0.15, -0.1) is 0 Å². The second kappa shape index (κ2) is 4.49. The summed E-state index contributed by atoms with van der Waals surface area (Å²) >= 11 is 0. The van der Waals surface area contributed by atoms with E-state index in [1.165, 1.54) is 0 Å². The van der Waals surface area contributed by atoms with E-state index in [0.717, 1.165) is 5.56 Å². The number of nitrogens with one attached hydrogen (secondary N) is 1. The summed E-state index contributed by atoms with van der Waals surface area (Å²) in [5.74, 6) is -0.760. The third kappa shape index (κ3) is 2.93. The maximum atomic E-state index is 11.0. The number of carboxylic acid groups (broad SMARTS) is 1. The first-order chi connectivity index (χ1) is 7.35. The lowest BCUT2D eigenvalue weighted by molar-refractivity contribution is 0.0697. The van der Waals surface area contributed by atoms with Gasteiger partial charge in [0, 0.05) is 6.20 Å². The van der Waals surface area contributed by atoms with E-state index in [0.29, 0.717) is 0 Å². The maximum absolute atomic E-state index is 11.0. The number of aliphatic hydroxyl groups excluding tert-OH is 1. The number of nitrogens with zero attached hydrogens (tertiary/aromatic N) is 1. The smallest absolute Gasteiger partial charge is 0.339 e. The van der Waals surface area contributed by atoms with Crippen LogP contribution in [0.4, 0.5) is 5.82 Å². The van der Waals surface area contributed by atoms with Crippen LogP contribution in [-0.4, -0.2) is 33.3 Å². The molecular formula is C11H16N2O3. The Morgan fingerprint density at radius 1 is 1.56 bits per heavy atom. The van der Waals surface area contributed by atoms with Crippen LogP contribution in [0, 0.1) is 6.92 Å². The van der Waals surface area contributed by atoms with Crippen molar-refractivity contribution in [2.24, 2.45) is 0 Å². The fourth-order valence-corrected chi connectivity index (χ4v) is 1.19. The first kappa shape index (κ1) is 12.4. The molecule has 5 heteroatoms. The largest absolute Gasteiger partial charge is 0.478 e. The summed E-state index contributed by atoms with van der Waals surface area (Å²) in [5, 5.41) is 21.0. The molecule has 88 valence electrons. The van der Waals surface area contributed by atoms with Gasteiger partial charge in [0.05, 0.1) is 12.1 Å². The van der Waals surface area contributed by atoms with Crippen molar-refractivity contribution < 1.29 is 15.0 Å². The number of aromatic carboxylic acids is 1. The van der Waals surface area contributed by atoms with Crippen LogP contribution in [0.3, 0.4) is 0 Å². The van der Waals surface area contributed by atoms with E-state index in [-0.39, 0.29) is 18.0 Å². The quantitative estimate of drug-likeness (QED) is 0.717. The molecule has 1 heterocycles. The summed E-state index contributed by atoms with van der Waals surface area (Å²) in [6.45, 7) is 5.20. The zero-order chi connectivity index (χ0) is 12.3. The Bertz CT molecular complexity index is 402. The molecule has 0 unspecified atom stereocenters. The van der Waals surface area contributed by atoms with Gasteiger partial charge < -0.3 is 15.5 Å². The molecule has 0 aromatic carbocycles. The molecule has 0 saturated carbocycles. The monoisotopic (exact) mass is 224 g/mol. The van der Waals surface area contributed by atoms with E-state index in [1.54, 1.807) is 33.0 Å². The van der Waals surface area contributed by atoms with Crippen molar-refractivity contribution in [1.29, 1.82) is 0 Å². The second-order valence-corrected chi connectivity index (χ2v) is 4.38. The molecule has 0 saturated heterocycles. The topological polar surface area (TPSA) is 82.5 Å². The number of hydrogen-bond acceptors (Lipinski definition) is 4. The minimum Gasteiger partial charge on any atom is -0.478 e. The predicted octanol–water partition coefficient (Wildman–Crippen LogP) is 1.27. The van der Waals surface area contributed by atoms with Crippen LogP contribution in [0.1, 0.15) is 29.8 Å². The summed E-state index contributed by atoms with van der Waals surface area (Å²) in [4.78, 5) is 15.0. The summed E-state index contributed by atoms with van der Waals surface area (Å²) in [6.07, 6.45) is 1.59. The summed E-state index contributed by atoms with van der Waals surface area (Å²) < 4.78 is 0. The molecule has 0 radical (unpaired) electrons. The molecule has 0 aliphatic heterocycles. The normalized spacial score (nSPS) is 11.2. The van der Waals surface area contributed by atoms with E-state index < -0.39 is 11.5 Å². The lowest BCUT2D eigenvalue weighted by atomic mass is 10.1. The van der Waals surface area contributed by atoms with Crippen molar-refractivity contribution in [3.63, 3.8) is 0 Å². The van der Waals surface area contributed by atoms with Crippen molar-refractivity contribution in [3.05, 3.63) is 23.4 Å². The van der Waals surface area contributed by atoms with E-state index in [1.807, 2.05) is 0 Å². The second-order valence-electron chi connectivity index (χ2n) is 4.38. The standard InChI is InChI=1S/C11H16N2O3/c1-7-4-8(10(15)16)9(12-5-7)13-11(2,3)6-14/h4-5,14H,6H2,1-3H3,(H,12,13)(H,15,16). The maximum Gasteiger partial charge on any atom is 0.339 e. The lowest BCUT2D eigenvalue weighted by Gasteiger charge is -2.25. The Hall–Kier alpha value is -1.62. The summed E-state index contributed by atoms with van der Waals surface area (Å²) in [5.41, 5.74) is 0.290. The molecule has 0 amide bonds. The van der Waals surface area contributed by atoms with Crippen molar-refractivity contribution in [2.75, 3.05) is 11.9 Å². The molecule has 0 fully saturated rings. The zero-order valence-electron chi connectivity index (χ0n) is 9.61. The predicted molar refractivity (Wildman–Crippen MR) is 60.7 cm³/mol. The molecule has 0 bridgehead atoms. The molecule has 0 aliphatic rings. The summed E-state index contributed by atoms with van der Waals surface area (Å²) in [7, 11) is 0. The lowest BCUT2D eigenvalue weighted by Crippen LogP contribution is -2.36. The number of rotatable bonds is 4. The van der Waals surface area contributed by atoms with Crippen molar-refractivity contribution >= 4 is 11.8 Å². The number of anilines is 1. The fraction of sp³-hybridized carbons (Fsp3) is 0.455. The van der Waals surface area contributed by atoms with Gasteiger partial charge >= 0.3 is 5.97 Å². The Kier molecular flexibility index (Phi) is 3.49.